The van der Waals surface area contributed by atoms with E-state index in [1.54, 1.807) is 0 Å². The topological polar surface area (TPSA) is 9.86 Å². The zero-order valence-corrected chi connectivity index (χ0v) is 54.4. The Morgan fingerprint density at radius 1 is 0.174 bits per heavy atom. The van der Waals surface area contributed by atoms with Crippen LogP contribution >= 0.6 is 0 Å². The third kappa shape index (κ3) is 9.51. The summed E-state index contributed by atoms with van der Waals surface area (Å²) in [4.78, 5) is 0. The van der Waals surface area contributed by atoms with E-state index >= 15 is 0 Å². The zero-order valence-electron chi connectivity index (χ0n) is 51.4. The molecule has 0 radical (unpaired) electrons. The highest BCUT2D eigenvalue weighted by Gasteiger charge is 2.56. The van der Waals surface area contributed by atoms with Crippen molar-refractivity contribution in [2.24, 2.45) is 0 Å². The molecule has 0 aliphatic heterocycles. The van der Waals surface area contributed by atoms with Gasteiger partial charge in [0.2, 0.25) is 8.07 Å². The summed E-state index contributed by atoms with van der Waals surface area (Å²) in [5, 5.41) is 15.4. The van der Waals surface area contributed by atoms with Gasteiger partial charge in [0.15, 0.2) is 16.1 Å². The Morgan fingerprint density at radius 3 is 0.598 bits per heavy atom. The fourth-order valence-electron chi connectivity index (χ4n) is 15.3. The molecule has 0 atom stereocenters. The summed E-state index contributed by atoms with van der Waals surface area (Å²) >= 11 is 0. The molecule has 15 aromatic rings. The SMILES string of the molecule is Cc1c(-c2ccccc2)c(-c2c(-c3ccccc3)c([Si](c3ccccc3)(c3ccccc3)c3ccccc3)n(-c3ccccc3)c2[Si](c2ccccc2)(c2ccccc2)c2ccccc2)c([Si](c2ccccc2)(c2ccccc2)c2ccccc2)n1-c1ccccc1. The van der Waals surface area contributed by atoms with Gasteiger partial charge in [0.1, 0.15) is 0 Å². The summed E-state index contributed by atoms with van der Waals surface area (Å²) in [6.07, 6.45) is 0. The Labute approximate surface area is 544 Å². The summed E-state index contributed by atoms with van der Waals surface area (Å²) in [7, 11) is -11.2. The van der Waals surface area contributed by atoms with Crippen LogP contribution in [0.15, 0.2) is 394 Å². The molecule has 0 unspecified atom stereocenters. The van der Waals surface area contributed by atoms with Gasteiger partial charge in [0.05, 0.1) is 0 Å². The molecule has 0 aliphatic rings. The number of para-hydroxylation sites is 2. The molecule has 0 bridgehead atoms. The van der Waals surface area contributed by atoms with Crippen LogP contribution in [0.2, 0.25) is 0 Å². The van der Waals surface area contributed by atoms with E-state index in [1.807, 2.05) is 0 Å². The first kappa shape index (κ1) is 57.5. The van der Waals surface area contributed by atoms with E-state index in [1.165, 1.54) is 84.9 Å². The van der Waals surface area contributed by atoms with Crippen molar-refractivity contribution in [2.45, 2.75) is 6.92 Å². The highest BCUT2D eigenvalue weighted by molar-refractivity contribution is 7.23. The Balaban J connectivity index is 1.36. The van der Waals surface area contributed by atoms with Gasteiger partial charge in [-0.25, -0.2) is 0 Å². The Bertz CT molecular complexity index is 4610. The third-order valence-electron chi connectivity index (χ3n) is 18.9. The van der Waals surface area contributed by atoms with Crippen molar-refractivity contribution in [3.63, 3.8) is 0 Å². The van der Waals surface area contributed by atoms with Crippen LogP contribution in [0.5, 0.6) is 0 Å². The van der Waals surface area contributed by atoms with Crippen molar-refractivity contribution >= 4 is 86.9 Å². The van der Waals surface area contributed by atoms with Crippen molar-refractivity contribution in [3.8, 4) is 44.8 Å². The van der Waals surface area contributed by atoms with Gasteiger partial charge in [-0.3, -0.25) is 0 Å². The van der Waals surface area contributed by atoms with Gasteiger partial charge in [-0.05, 0) is 89.0 Å². The third-order valence-corrected chi connectivity index (χ3v) is 33.3. The smallest absolute Gasteiger partial charge is 0.200 e. The largest absolute Gasteiger partial charge is 0.322 e. The maximum Gasteiger partial charge on any atom is 0.200 e. The van der Waals surface area contributed by atoms with Crippen LogP contribution in [0.3, 0.4) is 0 Å². The summed E-state index contributed by atoms with van der Waals surface area (Å²) in [6, 6.07) is 150. The molecular weight excluding hydrogens is 1160 g/mol. The predicted octanol–water partition coefficient (Wildman–Crippen LogP) is 12.7. The molecule has 92 heavy (non-hydrogen) atoms. The van der Waals surface area contributed by atoms with Crippen LogP contribution in [-0.4, -0.2) is 33.4 Å². The minimum Gasteiger partial charge on any atom is -0.322 e. The van der Waals surface area contributed by atoms with Crippen LogP contribution in [-0.2, 0) is 0 Å². The van der Waals surface area contributed by atoms with E-state index in [0.29, 0.717) is 0 Å². The zero-order chi connectivity index (χ0) is 61.7. The molecule has 0 saturated carbocycles. The normalized spacial score (nSPS) is 11.8. The lowest BCUT2D eigenvalue weighted by molar-refractivity contribution is 1.04. The van der Waals surface area contributed by atoms with Gasteiger partial charge in [0, 0.05) is 55.3 Å². The first-order chi connectivity index (χ1) is 45.7. The monoisotopic (exact) mass is 1220 g/mol. The number of hydrogen-bond donors (Lipinski definition) is 0. The highest BCUT2D eigenvalue weighted by Crippen LogP contribution is 2.44. The lowest BCUT2D eigenvalue weighted by atomic mass is 9.94. The number of nitrogens with zero attached hydrogens (tertiary/aromatic N) is 2. The van der Waals surface area contributed by atoms with Gasteiger partial charge >= 0.3 is 0 Å². The molecule has 5 heteroatoms. The second-order valence-electron chi connectivity index (χ2n) is 23.7. The summed E-state index contributed by atoms with van der Waals surface area (Å²) in [6.45, 7) is 2.41. The fourth-order valence-corrected chi connectivity index (χ4v) is 30.8. The predicted molar refractivity (Wildman–Crippen MR) is 397 cm³/mol. The summed E-state index contributed by atoms with van der Waals surface area (Å²) in [5.41, 5.74) is 10.5. The van der Waals surface area contributed by atoms with E-state index in [0.717, 1.165) is 28.2 Å². The molecular formula is C87H68N2Si3. The second-order valence-corrected chi connectivity index (χ2v) is 34.9. The van der Waals surface area contributed by atoms with Crippen molar-refractivity contribution in [3.05, 3.63) is 400 Å². The molecule has 0 fully saturated rings. The molecule has 2 heterocycles. The molecule has 0 saturated heterocycles. The standard InChI is InChI=1S/C87H68N2Si3/c1-67-81(68-41-15-2-16-42-68)83(86(88(67)70-45-19-4-20-46-70)91(75-55-29-9-30-56-75,76-57-31-10-32-58-76)77-59-33-11-34-60-77)84-82(69-43-17-3-18-44-69)85(90(72-49-23-6-24-50-72,73-51-25-7-26-52-73)74-53-27-8-28-54-74)89(71-47-21-5-22-48-71)87(84)92(78-61-35-12-36-62-78,79-63-37-13-38-64-79)80-65-39-14-40-66-80/h2-66H,1H3. The lowest BCUT2D eigenvalue weighted by Crippen LogP contribution is -2.80. The maximum atomic E-state index is 2.89. The summed E-state index contributed by atoms with van der Waals surface area (Å²) < 4.78 is 5.61. The van der Waals surface area contributed by atoms with Crippen molar-refractivity contribution in [1.82, 2.24) is 9.13 Å². The Hall–Kier alpha value is -10.9. The van der Waals surface area contributed by atoms with E-state index < -0.39 is 24.2 Å². The van der Waals surface area contributed by atoms with Crippen molar-refractivity contribution in [2.75, 3.05) is 0 Å². The summed E-state index contributed by atoms with van der Waals surface area (Å²) in [5.74, 6) is 0. The van der Waals surface area contributed by atoms with Gasteiger partial charge in [-0.2, -0.15) is 0 Å². The van der Waals surface area contributed by atoms with Gasteiger partial charge in [-0.15, -0.1) is 0 Å². The molecule has 13 aromatic carbocycles. The second kappa shape index (κ2) is 25.2. The first-order valence-corrected chi connectivity index (χ1v) is 37.9. The molecule has 0 amide bonds. The van der Waals surface area contributed by atoms with Crippen LogP contribution in [0.1, 0.15) is 5.69 Å². The Kier molecular flexibility index (Phi) is 15.7. The number of aromatic nitrogens is 2. The van der Waals surface area contributed by atoms with Crippen LogP contribution in [0.4, 0.5) is 0 Å². The van der Waals surface area contributed by atoms with Crippen molar-refractivity contribution in [1.29, 1.82) is 0 Å². The van der Waals surface area contributed by atoms with E-state index in [-0.39, 0.29) is 0 Å². The van der Waals surface area contributed by atoms with Gasteiger partial charge in [0.25, 0.3) is 0 Å². The molecule has 0 spiro atoms. The maximum absolute atomic E-state index is 3.82. The quantitative estimate of drug-likeness (QED) is 0.0635. The Morgan fingerprint density at radius 2 is 0.348 bits per heavy atom. The lowest BCUT2D eigenvalue weighted by Gasteiger charge is -2.39. The highest BCUT2D eigenvalue weighted by atomic mass is 28.3. The number of benzene rings is 13. The van der Waals surface area contributed by atoms with Crippen LogP contribution in [0.25, 0.3) is 44.8 Å². The average Bonchev–Trinajstić information content (AvgIpc) is 1.49. The number of rotatable bonds is 17. The minimum atomic E-state index is -3.82. The van der Waals surface area contributed by atoms with Crippen LogP contribution in [0, 0.1) is 6.92 Å². The molecule has 438 valence electrons. The van der Waals surface area contributed by atoms with E-state index in [2.05, 4.69) is 410 Å². The number of hydrogen-bond acceptors (Lipinski definition) is 0. The van der Waals surface area contributed by atoms with E-state index in [4.69, 9.17) is 0 Å². The van der Waals surface area contributed by atoms with E-state index in [9.17, 15) is 0 Å². The average molecular weight is 1230 g/mol. The molecule has 0 aliphatic carbocycles. The molecule has 15 rings (SSSR count). The van der Waals surface area contributed by atoms with Crippen molar-refractivity contribution < 1.29 is 0 Å². The van der Waals surface area contributed by atoms with Crippen LogP contribution < -0.4 is 62.6 Å². The van der Waals surface area contributed by atoms with Gasteiger partial charge < -0.3 is 9.13 Å². The van der Waals surface area contributed by atoms with Gasteiger partial charge in [-0.1, -0.05) is 370 Å². The fraction of sp³-hybridized carbons (Fsp3) is 0.0115. The molecule has 0 N–H and O–H groups in total. The molecule has 2 nitrogen and oxygen atoms in total. The minimum absolute atomic E-state index is 1.10. The molecule has 2 aromatic heterocycles. The first-order valence-electron chi connectivity index (χ1n) is 31.9.